The van der Waals surface area contributed by atoms with E-state index in [1.165, 1.54) is 12.4 Å². The predicted molar refractivity (Wildman–Crippen MR) is 83.7 cm³/mol. The van der Waals surface area contributed by atoms with Gasteiger partial charge >= 0.3 is 0 Å². The minimum Gasteiger partial charge on any atom is -0.351 e. The minimum atomic E-state index is -0.343. The Morgan fingerprint density at radius 3 is 2.50 bits per heavy atom. The van der Waals surface area contributed by atoms with E-state index in [4.69, 9.17) is 0 Å². The van der Waals surface area contributed by atoms with Crippen molar-refractivity contribution in [3.63, 3.8) is 0 Å². The lowest BCUT2D eigenvalue weighted by molar-refractivity contribution is 0.0949. The normalized spacial score (nSPS) is 10.0. The summed E-state index contributed by atoms with van der Waals surface area (Å²) in [4.78, 5) is 32.3. The average molecular weight is 298 g/mol. The van der Waals surface area contributed by atoms with Crippen LogP contribution in [0.4, 0.5) is 5.82 Å². The van der Waals surface area contributed by atoms with Gasteiger partial charge in [-0.15, -0.1) is 0 Å². The summed E-state index contributed by atoms with van der Waals surface area (Å²) in [5.41, 5.74) is 0.605. The zero-order chi connectivity index (χ0) is 15.8. The summed E-state index contributed by atoms with van der Waals surface area (Å²) in [5, 5.41) is 5.39. The largest absolute Gasteiger partial charge is 0.351 e. The lowest BCUT2D eigenvalue weighted by Gasteiger charge is -2.09. The molecule has 6 heteroatoms. The van der Waals surface area contributed by atoms with Gasteiger partial charge in [0.1, 0.15) is 0 Å². The highest BCUT2D eigenvalue weighted by Gasteiger charge is 2.16. The van der Waals surface area contributed by atoms with Crippen molar-refractivity contribution in [1.29, 1.82) is 0 Å². The molecule has 0 aliphatic heterocycles. The Bertz CT molecular complexity index is 644. The van der Waals surface area contributed by atoms with Gasteiger partial charge in [-0.2, -0.15) is 0 Å². The van der Waals surface area contributed by atoms with Crippen molar-refractivity contribution >= 4 is 17.6 Å². The van der Waals surface area contributed by atoms with Crippen molar-refractivity contribution in [1.82, 2.24) is 15.3 Å². The molecule has 2 N–H and O–H groups in total. The zero-order valence-electron chi connectivity index (χ0n) is 12.4. The maximum absolute atomic E-state index is 12.1. The molecular formula is C16H18N4O2. The van der Waals surface area contributed by atoms with E-state index in [-0.39, 0.29) is 23.3 Å². The first kappa shape index (κ1) is 15.6. The molecule has 0 saturated heterocycles. The molecule has 2 amide bonds. The summed E-state index contributed by atoms with van der Waals surface area (Å²) in [5.74, 6) is -0.515. The van der Waals surface area contributed by atoms with Crippen LogP contribution in [0.3, 0.4) is 0 Å². The van der Waals surface area contributed by atoms with Crippen LogP contribution in [0.25, 0.3) is 0 Å². The second-order valence-corrected chi connectivity index (χ2v) is 4.68. The van der Waals surface area contributed by atoms with Crippen molar-refractivity contribution < 1.29 is 9.59 Å². The van der Waals surface area contributed by atoms with Gasteiger partial charge in [-0.3, -0.25) is 9.59 Å². The maximum atomic E-state index is 12.1. The molecule has 0 bridgehead atoms. The summed E-state index contributed by atoms with van der Waals surface area (Å²) in [6.45, 7) is 2.61. The van der Waals surface area contributed by atoms with Gasteiger partial charge in [0, 0.05) is 24.5 Å². The number of amides is 2. The highest BCUT2D eigenvalue weighted by Crippen LogP contribution is 2.10. The van der Waals surface area contributed by atoms with Crippen LogP contribution in [0.2, 0.25) is 0 Å². The van der Waals surface area contributed by atoms with Gasteiger partial charge in [-0.25, -0.2) is 9.97 Å². The topological polar surface area (TPSA) is 84.0 Å². The molecule has 0 fully saturated rings. The Kier molecular flexibility index (Phi) is 5.59. The van der Waals surface area contributed by atoms with Gasteiger partial charge in [-0.05, 0) is 18.6 Å². The third-order valence-corrected chi connectivity index (χ3v) is 3.00. The van der Waals surface area contributed by atoms with Crippen LogP contribution in [0.1, 0.15) is 40.6 Å². The first-order chi connectivity index (χ1) is 10.7. The van der Waals surface area contributed by atoms with Gasteiger partial charge in [0.25, 0.3) is 11.8 Å². The lowest BCUT2D eigenvalue weighted by atomic mass is 10.2. The Hall–Kier alpha value is -2.76. The summed E-state index contributed by atoms with van der Waals surface area (Å²) in [6, 6.07) is 8.74. The minimum absolute atomic E-state index is 0.114. The van der Waals surface area contributed by atoms with Crippen LogP contribution < -0.4 is 10.6 Å². The van der Waals surface area contributed by atoms with E-state index in [1.807, 2.05) is 13.0 Å². The standard InChI is InChI=1S/C16H18N4O2/c1-2-3-9-19-16(22)13-14(18-11-10-17-13)20-15(21)12-7-5-4-6-8-12/h4-8,10-11H,2-3,9H2,1H3,(H,19,22)(H,18,20,21). The fourth-order valence-electron chi connectivity index (χ4n) is 1.83. The van der Waals surface area contributed by atoms with E-state index in [1.54, 1.807) is 24.3 Å². The molecule has 22 heavy (non-hydrogen) atoms. The Balaban J connectivity index is 2.11. The number of aromatic nitrogens is 2. The Morgan fingerprint density at radius 2 is 1.77 bits per heavy atom. The third-order valence-electron chi connectivity index (χ3n) is 3.00. The number of benzene rings is 1. The first-order valence-electron chi connectivity index (χ1n) is 7.18. The molecule has 0 aliphatic rings. The molecule has 0 aliphatic carbocycles. The fourth-order valence-corrected chi connectivity index (χ4v) is 1.83. The van der Waals surface area contributed by atoms with Gasteiger partial charge in [-0.1, -0.05) is 31.5 Å². The number of nitrogens with zero attached hydrogens (tertiary/aromatic N) is 2. The molecule has 2 aromatic rings. The van der Waals surface area contributed by atoms with Crippen molar-refractivity contribution in [2.24, 2.45) is 0 Å². The molecule has 0 saturated carbocycles. The van der Waals surface area contributed by atoms with Crippen molar-refractivity contribution in [3.8, 4) is 0 Å². The highest BCUT2D eigenvalue weighted by atomic mass is 16.2. The second-order valence-electron chi connectivity index (χ2n) is 4.68. The van der Waals surface area contributed by atoms with E-state index in [2.05, 4.69) is 20.6 Å². The van der Waals surface area contributed by atoms with E-state index >= 15 is 0 Å². The quantitative estimate of drug-likeness (QED) is 0.801. The number of hydrogen-bond acceptors (Lipinski definition) is 4. The van der Waals surface area contributed by atoms with Crippen LogP contribution in [-0.4, -0.2) is 28.3 Å². The number of anilines is 1. The van der Waals surface area contributed by atoms with Crippen molar-refractivity contribution in [2.45, 2.75) is 19.8 Å². The number of hydrogen-bond donors (Lipinski definition) is 2. The molecule has 0 radical (unpaired) electrons. The van der Waals surface area contributed by atoms with Crippen LogP contribution in [-0.2, 0) is 0 Å². The smallest absolute Gasteiger partial charge is 0.273 e. The molecule has 0 spiro atoms. The number of unbranched alkanes of at least 4 members (excludes halogenated alkanes) is 1. The highest BCUT2D eigenvalue weighted by molar-refractivity contribution is 6.07. The molecule has 2 rings (SSSR count). The van der Waals surface area contributed by atoms with Gasteiger partial charge in [0.05, 0.1) is 0 Å². The van der Waals surface area contributed by atoms with Gasteiger partial charge < -0.3 is 10.6 Å². The fraction of sp³-hybridized carbons (Fsp3) is 0.250. The lowest BCUT2D eigenvalue weighted by Crippen LogP contribution is -2.27. The first-order valence-corrected chi connectivity index (χ1v) is 7.18. The molecule has 0 atom stereocenters. The van der Waals surface area contributed by atoms with Crippen LogP contribution in [0.5, 0.6) is 0 Å². The SMILES string of the molecule is CCCCNC(=O)c1nccnc1NC(=O)c1ccccc1. The molecule has 0 unspecified atom stereocenters. The second kappa shape index (κ2) is 7.87. The van der Waals surface area contributed by atoms with E-state index in [0.717, 1.165) is 12.8 Å². The summed E-state index contributed by atoms with van der Waals surface area (Å²) < 4.78 is 0. The van der Waals surface area contributed by atoms with Crippen molar-refractivity contribution in [2.75, 3.05) is 11.9 Å². The number of rotatable bonds is 6. The van der Waals surface area contributed by atoms with Gasteiger partial charge in [0.2, 0.25) is 0 Å². The Morgan fingerprint density at radius 1 is 1.05 bits per heavy atom. The summed E-state index contributed by atoms with van der Waals surface area (Å²) >= 11 is 0. The van der Waals surface area contributed by atoms with Gasteiger partial charge in [0.15, 0.2) is 11.5 Å². The van der Waals surface area contributed by atoms with E-state index in [0.29, 0.717) is 12.1 Å². The van der Waals surface area contributed by atoms with E-state index < -0.39 is 0 Å². The number of nitrogens with one attached hydrogen (secondary N) is 2. The zero-order valence-corrected chi connectivity index (χ0v) is 12.4. The van der Waals surface area contributed by atoms with Crippen LogP contribution >= 0.6 is 0 Å². The third kappa shape index (κ3) is 4.12. The van der Waals surface area contributed by atoms with E-state index in [9.17, 15) is 9.59 Å². The Labute approximate surface area is 129 Å². The molecule has 1 aromatic heterocycles. The van der Waals surface area contributed by atoms with Crippen molar-refractivity contribution in [3.05, 3.63) is 54.0 Å². The molecule has 1 aromatic carbocycles. The summed E-state index contributed by atoms with van der Waals surface area (Å²) in [7, 11) is 0. The number of carbonyl (C=O) groups excluding carboxylic acids is 2. The monoisotopic (exact) mass is 298 g/mol. The summed E-state index contributed by atoms with van der Waals surface area (Å²) in [6.07, 6.45) is 4.73. The van der Waals surface area contributed by atoms with Crippen LogP contribution in [0.15, 0.2) is 42.7 Å². The molecule has 114 valence electrons. The molecular weight excluding hydrogens is 280 g/mol. The molecule has 1 heterocycles. The van der Waals surface area contributed by atoms with Crippen LogP contribution in [0, 0.1) is 0 Å². The molecule has 6 nitrogen and oxygen atoms in total. The maximum Gasteiger partial charge on any atom is 0.273 e. The average Bonchev–Trinajstić information content (AvgIpc) is 2.56. The predicted octanol–water partition coefficient (Wildman–Crippen LogP) is 2.26. The number of carbonyl (C=O) groups is 2.